The Labute approximate surface area is 175 Å². The van der Waals surface area contributed by atoms with Crippen molar-refractivity contribution in [2.75, 3.05) is 0 Å². The Morgan fingerprint density at radius 3 is 1.45 bits per heavy atom. The third-order valence-electron chi connectivity index (χ3n) is 4.88. The summed E-state index contributed by atoms with van der Waals surface area (Å²) >= 11 is 0. The van der Waals surface area contributed by atoms with Crippen molar-refractivity contribution in [2.45, 2.75) is 33.6 Å². The fourth-order valence-electron chi connectivity index (χ4n) is 3.07. The monoisotopic (exact) mass is 372 g/mol. The topological polar surface area (TPSA) is 0 Å². The molecular weight excluding hydrogens is 348 g/mol. The number of rotatable bonds is 2. The highest BCUT2D eigenvalue weighted by Gasteiger charge is 2.05. The van der Waals surface area contributed by atoms with Crippen LogP contribution < -0.4 is 0 Å². The lowest BCUT2D eigenvalue weighted by molar-refractivity contribution is 1.08. The summed E-state index contributed by atoms with van der Waals surface area (Å²) in [5, 5.41) is 0. The lowest BCUT2D eigenvalue weighted by Crippen LogP contribution is -1.96. The van der Waals surface area contributed by atoms with E-state index >= 15 is 0 Å². The van der Waals surface area contributed by atoms with Crippen LogP contribution in [0.1, 0.15) is 58.4 Å². The number of hydrogen-bond acceptors (Lipinski definition) is 0. The van der Waals surface area contributed by atoms with Crippen LogP contribution in [0, 0.1) is 42.9 Å². The highest BCUT2D eigenvalue weighted by Crippen LogP contribution is 2.18. The van der Waals surface area contributed by atoms with Gasteiger partial charge in [0.25, 0.3) is 0 Å². The van der Waals surface area contributed by atoms with Crippen molar-refractivity contribution in [1.29, 1.82) is 0 Å². The summed E-state index contributed by atoms with van der Waals surface area (Å²) in [4.78, 5) is 0. The minimum Gasteiger partial charge on any atom is -0.115 e. The van der Waals surface area contributed by atoms with E-state index in [9.17, 15) is 0 Å². The first kappa shape index (κ1) is 20.1. The maximum atomic E-state index is 5.42. The van der Waals surface area contributed by atoms with Crippen molar-refractivity contribution in [3.8, 4) is 36.0 Å². The SMILES string of the molecule is C#Cc1ccc(C#Cc2cc(CC)c(C#Cc3ccc(C)cc3)cc2CC)cc1. The number of terminal acetylenes is 1. The summed E-state index contributed by atoms with van der Waals surface area (Å²) in [6.07, 6.45) is 7.26. The first-order valence-corrected chi connectivity index (χ1v) is 9.96. The zero-order valence-electron chi connectivity index (χ0n) is 17.3. The predicted octanol–water partition coefficient (Wildman–Crippen LogP) is 5.90. The van der Waals surface area contributed by atoms with Gasteiger partial charge in [0.1, 0.15) is 0 Å². The van der Waals surface area contributed by atoms with Gasteiger partial charge in [0.15, 0.2) is 0 Å². The molecule has 3 aromatic carbocycles. The van der Waals surface area contributed by atoms with Crippen molar-refractivity contribution < 1.29 is 0 Å². The predicted molar refractivity (Wildman–Crippen MR) is 123 cm³/mol. The first-order valence-electron chi connectivity index (χ1n) is 9.96. The molecule has 0 heteroatoms. The van der Waals surface area contributed by atoms with Crippen LogP contribution in [-0.4, -0.2) is 0 Å². The first-order chi connectivity index (χ1) is 14.1. The summed E-state index contributed by atoms with van der Waals surface area (Å²) in [5.74, 6) is 15.9. The van der Waals surface area contributed by atoms with Crippen LogP contribution in [-0.2, 0) is 12.8 Å². The maximum absolute atomic E-state index is 5.42. The highest BCUT2D eigenvalue weighted by molar-refractivity contribution is 5.55. The second kappa shape index (κ2) is 9.51. The minimum atomic E-state index is 0.870. The number of aryl methyl sites for hydroxylation is 3. The van der Waals surface area contributed by atoms with E-state index in [1.807, 2.05) is 24.3 Å². The fourth-order valence-corrected chi connectivity index (χ4v) is 3.07. The van der Waals surface area contributed by atoms with Crippen LogP contribution in [0.5, 0.6) is 0 Å². The molecule has 0 amide bonds. The molecular formula is C29H24. The van der Waals surface area contributed by atoms with E-state index in [0.29, 0.717) is 0 Å². The molecule has 0 spiro atoms. The molecule has 140 valence electrons. The Kier molecular flexibility index (Phi) is 6.59. The van der Waals surface area contributed by atoms with E-state index in [1.165, 1.54) is 16.7 Å². The third kappa shape index (κ3) is 5.20. The van der Waals surface area contributed by atoms with Crippen LogP contribution in [0.25, 0.3) is 0 Å². The maximum Gasteiger partial charge on any atom is 0.0284 e. The van der Waals surface area contributed by atoms with Gasteiger partial charge < -0.3 is 0 Å². The van der Waals surface area contributed by atoms with E-state index in [-0.39, 0.29) is 0 Å². The van der Waals surface area contributed by atoms with E-state index < -0.39 is 0 Å². The summed E-state index contributed by atoms with van der Waals surface area (Å²) in [6, 6.07) is 20.5. The minimum absolute atomic E-state index is 0.870. The lowest BCUT2D eigenvalue weighted by Gasteiger charge is -2.08. The molecule has 0 radical (unpaired) electrons. The zero-order valence-corrected chi connectivity index (χ0v) is 17.3. The molecule has 3 rings (SSSR count). The van der Waals surface area contributed by atoms with Gasteiger partial charge in [0.05, 0.1) is 0 Å². The Balaban J connectivity index is 1.95. The molecule has 0 N–H and O–H groups in total. The zero-order chi connectivity index (χ0) is 20.6. The van der Waals surface area contributed by atoms with Gasteiger partial charge in [0.2, 0.25) is 0 Å². The third-order valence-corrected chi connectivity index (χ3v) is 4.88. The standard InChI is InChI=1S/C29H24/c1-5-23-12-14-25(15-13-23)17-19-29-21-26(6-2)28(20-27(29)7-3)18-16-24-10-8-22(4)9-11-24/h1,8-15,20-21H,6-7H2,2-4H3. The van der Waals surface area contributed by atoms with Crippen LogP contribution in [0.2, 0.25) is 0 Å². The molecule has 0 atom stereocenters. The van der Waals surface area contributed by atoms with Gasteiger partial charge >= 0.3 is 0 Å². The Morgan fingerprint density at radius 2 is 1.03 bits per heavy atom. The van der Waals surface area contributed by atoms with Gasteiger partial charge in [-0.2, -0.15) is 0 Å². The average molecular weight is 373 g/mol. The number of hydrogen-bond donors (Lipinski definition) is 0. The summed E-state index contributed by atoms with van der Waals surface area (Å²) in [7, 11) is 0. The van der Waals surface area contributed by atoms with Crippen LogP contribution >= 0.6 is 0 Å². The van der Waals surface area contributed by atoms with E-state index in [1.54, 1.807) is 0 Å². The molecule has 0 nitrogen and oxygen atoms in total. The van der Waals surface area contributed by atoms with Crippen molar-refractivity contribution in [3.63, 3.8) is 0 Å². The van der Waals surface area contributed by atoms with Crippen molar-refractivity contribution in [1.82, 2.24) is 0 Å². The van der Waals surface area contributed by atoms with Crippen molar-refractivity contribution >= 4 is 0 Å². The average Bonchev–Trinajstić information content (AvgIpc) is 2.77. The quantitative estimate of drug-likeness (QED) is 0.491. The molecule has 0 saturated carbocycles. The van der Waals surface area contributed by atoms with Gasteiger partial charge in [-0.05, 0) is 79.4 Å². The highest BCUT2D eigenvalue weighted by atomic mass is 14.1. The lowest BCUT2D eigenvalue weighted by atomic mass is 9.95. The molecule has 0 heterocycles. The van der Waals surface area contributed by atoms with E-state index in [0.717, 1.165) is 40.7 Å². The fraction of sp³-hybridized carbons (Fsp3) is 0.172. The molecule has 0 bridgehead atoms. The van der Waals surface area contributed by atoms with E-state index in [4.69, 9.17) is 6.42 Å². The smallest absolute Gasteiger partial charge is 0.0284 e. The molecule has 0 saturated heterocycles. The number of benzene rings is 3. The van der Waals surface area contributed by atoms with E-state index in [2.05, 4.69) is 86.8 Å². The van der Waals surface area contributed by atoms with Gasteiger partial charge in [-0.3, -0.25) is 0 Å². The van der Waals surface area contributed by atoms with Crippen molar-refractivity contribution in [2.24, 2.45) is 0 Å². The second-order valence-corrected chi connectivity index (χ2v) is 6.96. The molecule has 0 aromatic heterocycles. The summed E-state index contributed by atoms with van der Waals surface area (Å²) in [5.41, 5.74) is 8.74. The van der Waals surface area contributed by atoms with Crippen LogP contribution in [0.15, 0.2) is 60.7 Å². The van der Waals surface area contributed by atoms with Crippen LogP contribution in [0.3, 0.4) is 0 Å². The molecule has 0 aliphatic heterocycles. The largest absolute Gasteiger partial charge is 0.115 e. The second-order valence-electron chi connectivity index (χ2n) is 6.96. The molecule has 3 aromatic rings. The molecule has 0 aliphatic rings. The van der Waals surface area contributed by atoms with Gasteiger partial charge in [-0.15, -0.1) is 6.42 Å². The normalized spacial score (nSPS) is 9.59. The van der Waals surface area contributed by atoms with Gasteiger partial charge in [-0.25, -0.2) is 0 Å². The van der Waals surface area contributed by atoms with Gasteiger partial charge in [-0.1, -0.05) is 61.1 Å². The van der Waals surface area contributed by atoms with Gasteiger partial charge in [0, 0.05) is 27.8 Å². The molecule has 0 aliphatic carbocycles. The van der Waals surface area contributed by atoms with Crippen LogP contribution in [0.4, 0.5) is 0 Å². The van der Waals surface area contributed by atoms with Crippen molar-refractivity contribution in [3.05, 3.63) is 105 Å². The Bertz CT molecular complexity index is 1160. The molecule has 0 unspecified atom stereocenters. The Morgan fingerprint density at radius 1 is 0.621 bits per heavy atom. The Hall–Kier alpha value is -3.66. The summed E-state index contributed by atoms with van der Waals surface area (Å²) in [6.45, 7) is 6.40. The summed E-state index contributed by atoms with van der Waals surface area (Å²) < 4.78 is 0. The molecule has 29 heavy (non-hydrogen) atoms. The molecule has 0 fully saturated rings.